The molecule has 2 aliphatic heterocycles. The first-order valence-electron chi connectivity index (χ1n) is 8.67. The molecule has 0 aliphatic carbocycles. The van der Waals surface area contributed by atoms with Gasteiger partial charge in [-0.05, 0) is 12.5 Å². The van der Waals surface area contributed by atoms with Crippen LogP contribution in [0.4, 0.5) is 13.2 Å². The fraction of sp³-hybridized carbons (Fsp3) is 0.471. The third kappa shape index (κ3) is 3.56. The largest absolute Gasteiger partial charge is 0.326 e. The molecule has 0 radical (unpaired) electrons. The highest BCUT2D eigenvalue weighted by atomic mass is 32.2. The molecule has 3 heterocycles. The third-order valence-corrected chi connectivity index (χ3v) is 7.57. The van der Waals surface area contributed by atoms with E-state index in [4.69, 9.17) is 5.73 Å². The minimum atomic E-state index is -3.41. The zero-order valence-electron chi connectivity index (χ0n) is 15.0. The van der Waals surface area contributed by atoms with Crippen LogP contribution in [-0.4, -0.2) is 46.6 Å². The number of thioether (sulfide) groups is 1. The van der Waals surface area contributed by atoms with Gasteiger partial charge in [-0.1, -0.05) is 0 Å². The normalized spacial score (nSPS) is 25.8. The van der Waals surface area contributed by atoms with Crippen molar-refractivity contribution >= 4 is 21.8 Å². The van der Waals surface area contributed by atoms with Crippen molar-refractivity contribution in [2.24, 2.45) is 5.73 Å². The van der Waals surface area contributed by atoms with Crippen molar-refractivity contribution in [2.45, 2.75) is 36.8 Å². The van der Waals surface area contributed by atoms with E-state index in [2.05, 4.69) is 10.00 Å². The molecule has 1 aromatic heterocycles. The summed E-state index contributed by atoms with van der Waals surface area (Å²) in [6, 6.07) is 1.15. The van der Waals surface area contributed by atoms with Gasteiger partial charge in [0.25, 0.3) is 10.0 Å². The second-order valence-electron chi connectivity index (χ2n) is 7.24. The Morgan fingerprint density at radius 2 is 2.00 bits per heavy atom. The lowest BCUT2D eigenvalue weighted by molar-refractivity contribution is 0.190. The van der Waals surface area contributed by atoms with E-state index >= 15 is 0 Å². The van der Waals surface area contributed by atoms with E-state index in [1.165, 1.54) is 18.0 Å². The van der Waals surface area contributed by atoms with Crippen molar-refractivity contribution in [2.75, 3.05) is 12.0 Å². The minimum absolute atomic E-state index is 0.0392. The number of nitrogens with zero attached hydrogens (tertiary/aromatic N) is 3. The zero-order valence-corrected chi connectivity index (χ0v) is 16.6. The van der Waals surface area contributed by atoms with Gasteiger partial charge in [-0.2, -0.15) is 20.9 Å². The maximum atomic E-state index is 14.1. The summed E-state index contributed by atoms with van der Waals surface area (Å²) in [5.74, 6) is -2.47. The second kappa shape index (κ2) is 7.05. The highest BCUT2D eigenvalue weighted by Crippen LogP contribution is 2.42. The summed E-state index contributed by atoms with van der Waals surface area (Å²) in [6.45, 7) is 1.06. The molecule has 2 N–H and O–H groups in total. The molecule has 0 spiro atoms. The Balaban J connectivity index is 1.46. The summed E-state index contributed by atoms with van der Waals surface area (Å²) in [4.78, 5) is 2.15. The second-order valence-corrected chi connectivity index (χ2v) is 10.3. The average molecular weight is 432 g/mol. The van der Waals surface area contributed by atoms with Crippen molar-refractivity contribution in [3.63, 3.8) is 0 Å². The van der Waals surface area contributed by atoms with Gasteiger partial charge in [-0.3, -0.25) is 4.90 Å². The topological polar surface area (TPSA) is 81.2 Å². The van der Waals surface area contributed by atoms with E-state index < -0.39 is 38.8 Å². The number of halogens is 3. The van der Waals surface area contributed by atoms with Crippen LogP contribution in [0.1, 0.15) is 28.5 Å². The van der Waals surface area contributed by atoms with E-state index in [1.807, 2.05) is 0 Å². The Labute approximate surface area is 164 Å². The van der Waals surface area contributed by atoms with Crippen molar-refractivity contribution in [3.8, 4) is 0 Å². The van der Waals surface area contributed by atoms with Gasteiger partial charge in [-0.15, -0.1) is 0 Å². The summed E-state index contributed by atoms with van der Waals surface area (Å²) >= 11 is 1.38. The standard InChI is InChI=1S/C17H19F3N4O2S2/c1-28(25,26)24-6-9-5-23(7-15(9)22-24)11-4-14(21)17(27-8-11)12-2-10(18)3-13(19)16(12)20/h2-3,6,11,14,17H,4-5,7-8,21H2,1H3/t11-,14+,17-/m1/s1. The molecule has 4 rings (SSSR count). The molecule has 1 saturated heterocycles. The van der Waals surface area contributed by atoms with Gasteiger partial charge in [0.15, 0.2) is 11.6 Å². The van der Waals surface area contributed by atoms with Crippen molar-refractivity contribution in [1.82, 2.24) is 14.1 Å². The van der Waals surface area contributed by atoms with E-state index in [0.29, 0.717) is 37.0 Å². The molecule has 0 unspecified atom stereocenters. The molecule has 0 saturated carbocycles. The predicted octanol–water partition coefficient (Wildman–Crippen LogP) is 2.00. The molecule has 1 aromatic carbocycles. The van der Waals surface area contributed by atoms with E-state index in [1.54, 1.807) is 0 Å². The molecule has 152 valence electrons. The van der Waals surface area contributed by atoms with Gasteiger partial charge in [0.2, 0.25) is 0 Å². The van der Waals surface area contributed by atoms with Crippen LogP contribution in [-0.2, 0) is 23.1 Å². The molecule has 28 heavy (non-hydrogen) atoms. The Morgan fingerprint density at radius 1 is 1.25 bits per heavy atom. The molecule has 1 fully saturated rings. The smallest absolute Gasteiger partial charge is 0.250 e. The lowest BCUT2D eigenvalue weighted by atomic mass is 9.98. The van der Waals surface area contributed by atoms with Crippen LogP contribution in [0.15, 0.2) is 18.3 Å². The van der Waals surface area contributed by atoms with Gasteiger partial charge in [-0.25, -0.2) is 21.6 Å². The molecule has 6 nitrogen and oxygen atoms in total. The number of hydrogen-bond acceptors (Lipinski definition) is 6. The quantitative estimate of drug-likeness (QED) is 0.748. The number of rotatable bonds is 3. The zero-order chi connectivity index (χ0) is 20.2. The molecule has 0 amide bonds. The lowest BCUT2D eigenvalue weighted by Crippen LogP contribution is -2.44. The number of nitrogens with two attached hydrogens (primary N) is 1. The van der Waals surface area contributed by atoms with Gasteiger partial charge in [0.1, 0.15) is 5.82 Å². The van der Waals surface area contributed by atoms with Gasteiger partial charge in [0.05, 0.1) is 11.9 Å². The van der Waals surface area contributed by atoms with E-state index in [9.17, 15) is 21.6 Å². The fourth-order valence-corrected chi connectivity index (χ4v) is 5.83. The van der Waals surface area contributed by atoms with Crippen molar-refractivity contribution in [3.05, 3.63) is 52.6 Å². The van der Waals surface area contributed by atoms with E-state index in [0.717, 1.165) is 22.0 Å². The Morgan fingerprint density at radius 3 is 2.64 bits per heavy atom. The molecule has 0 bridgehead atoms. The summed E-state index contributed by atoms with van der Waals surface area (Å²) in [6.07, 6.45) is 3.15. The van der Waals surface area contributed by atoms with Crippen molar-refractivity contribution in [1.29, 1.82) is 0 Å². The van der Waals surface area contributed by atoms with Crippen LogP contribution in [0.3, 0.4) is 0 Å². The first-order chi connectivity index (χ1) is 13.1. The van der Waals surface area contributed by atoms with Crippen molar-refractivity contribution < 1.29 is 21.6 Å². The van der Waals surface area contributed by atoms with Crippen LogP contribution in [0.5, 0.6) is 0 Å². The van der Waals surface area contributed by atoms with Crippen LogP contribution in [0, 0.1) is 17.5 Å². The maximum absolute atomic E-state index is 14.1. The lowest BCUT2D eigenvalue weighted by Gasteiger charge is -2.38. The van der Waals surface area contributed by atoms with Gasteiger partial charge in [0, 0.05) is 59.6 Å². The summed E-state index contributed by atoms with van der Waals surface area (Å²) in [5, 5.41) is 3.61. The number of fused-ring (bicyclic) bond motifs is 1. The Bertz CT molecular complexity index is 1000. The molecule has 2 aliphatic rings. The Kier molecular flexibility index (Phi) is 4.97. The summed E-state index contributed by atoms with van der Waals surface area (Å²) in [5.41, 5.74) is 7.77. The summed E-state index contributed by atoms with van der Waals surface area (Å²) in [7, 11) is -3.41. The molecular formula is C17H19F3N4O2S2. The van der Waals surface area contributed by atoms with Gasteiger partial charge < -0.3 is 5.73 Å². The summed E-state index contributed by atoms with van der Waals surface area (Å²) < 4.78 is 65.4. The average Bonchev–Trinajstić information content (AvgIpc) is 3.17. The minimum Gasteiger partial charge on any atom is -0.326 e. The first kappa shape index (κ1) is 19.7. The molecule has 11 heteroatoms. The highest BCUT2D eigenvalue weighted by molar-refractivity contribution is 7.99. The third-order valence-electron chi connectivity index (χ3n) is 5.17. The number of benzene rings is 1. The predicted molar refractivity (Wildman–Crippen MR) is 99.6 cm³/mol. The SMILES string of the molecule is CS(=O)(=O)n1cc2c(n1)CN([C@H]1CS[C@H](c3cc(F)cc(F)c3F)[C@@H](N)C1)C2. The van der Waals surface area contributed by atoms with Crippen LogP contribution in [0.2, 0.25) is 0 Å². The molecule has 2 aromatic rings. The van der Waals surface area contributed by atoms with E-state index in [-0.39, 0.29) is 11.6 Å². The monoisotopic (exact) mass is 432 g/mol. The fourth-order valence-electron chi connectivity index (χ4n) is 3.78. The van der Waals surface area contributed by atoms with Crippen LogP contribution >= 0.6 is 11.8 Å². The van der Waals surface area contributed by atoms with Gasteiger partial charge >= 0.3 is 0 Å². The van der Waals surface area contributed by atoms with Crippen LogP contribution in [0.25, 0.3) is 0 Å². The maximum Gasteiger partial charge on any atom is 0.250 e. The molecular weight excluding hydrogens is 413 g/mol. The molecule has 3 atom stereocenters. The Hall–Kier alpha value is -1.56. The number of hydrogen-bond donors (Lipinski definition) is 1. The van der Waals surface area contributed by atoms with Crippen LogP contribution < -0.4 is 5.73 Å². The highest BCUT2D eigenvalue weighted by Gasteiger charge is 2.37. The number of aromatic nitrogens is 2. The first-order valence-corrected chi connectivity index (χ1v) is 11.6.